The Labute approximate surface area is 119 Å². The molecule has 11 heteroatoms. The minimum absolute atomic E-state index is 0.0345. The van der Waals surface area contributed by atoms with Crippen LogP contribution >= 0.6 is 0 Å². The van der Waals surface area contributed by atoms with Crippen molar-refractivity contribution < 1.29 is 18.1 Å². The van der Waals surface area contributed by atoms with Crippen molar-refractivity contribution >= 4 is 21.7 Å². The van der Waals surface area contributed by atoms with Crippen molar-refractivity contribution in [2.75, 3.05) is 11.8 Å². The van der Waals surface area contributed by atoms with Gasteiger partial charge in [-0.15, -0.1) is 5.10 Å². The van der Waals surface area contributed by atoms with E-state index in [1.54, 1.807) is 6.92 Å². The number of nitrogens with zero attached hydrogens (tertiary/aromatic N) is 3. The van der Waals surface area contributed by atoms with Crippen molar-refractivity contribution in [1.82, 2.24) is 15.2 Å². The van der Waals surface area contributed by atoms with E-state index in [4.69, 9.17) is 4.74 Å². The molecule has 0 radical (unpaired) electrons. The summed E-state index contributed by atoms with van der Waals surface area (Å²) in [7, 11) is -2.78. The molecule has 1 aromatic heterocycles. The van der Waals surface area contributed by atoms with Crippen LogP contribution in [0, 0.1) is 17.0 Å². The maximum absolute atomic E-state index is 12.1. The molecule has 2 N–H and O–H groups in total. The Morgan fingerprint density at radius 2 is 2.14 bits per heavy atom. The zero-order valence-electron chi connectivity index (χ0n) is 11.0. The summed E-state index contributed by atoms with van der Waals surface area (Å²) in [6.07, 6.45) is 0. The molecule has 0 spiro atoms. The summed E-state index contributed by atoms with van der Waals surface area (Å²) in [5, 5.41) is 17.0. The molecule has 0 amide bonds. The van der Waals surface area contributed by atoms with Gasteiger partial charge in [-0.2, -0.15) is 4.98 Å². The van der Waals surface area contributed by atoms with Crippen LogP contribution in [0.1, 0.15) is 5.82 Å². The molecule has 0 atom stereocenters. The van der Waals surface area contributed by atoms with Gasteiger partial charge in [0, 0.05) is 6.07 Å². The first-order chi connectivity index (χ1) is 9.83. The molecule has 0 unspecified atom stereocenters. The van der Waals surface area contributed by atoms with Crippen LogP contribution in [-0.4, -0.2) is 35.6 Å². The standard InChI is InChI=1S/C10H11N5O5S/c1-6-11-10(13-12-6)14-21(18,19)7-3-4-9(20-2)8(5-7)15(16)17/h3-5H,1-2H3,(H2,11,12,13,14). The number of sulfonamides is 1. The summed E-state index contributed by atoms with van der Waals surface area (Å²) in [4.78, 5) is 13.7. The third-order valence-corrected chi connectivity index (χ3v) is 3.81. The number of rotatable bonds is 5. The largest absolute Gasteiger partial charge is 0.490 e. The first-order valence-corrected chi connectivity index (χ1v) is 7.06. The van der Waals surface area contributed by atoms with Crippen LogP contribution in [0.15, 0.2) is 23.1 Å². The molecule has 0 aliphatic carbocycles. The number of methoxy groups -OCH3 is 1. The van der Waals surface area contributed by atoms with Gasteiger partial charge in [-0.3, -0.25) is 15.2 Å². The predicted molar refractivity (Wildman–Crippen MR) is 71.6 cm³/mol. The fourth-order valence-electron chi connectivity index (χ4n) is 1.55. The minimum atomic E-state index is -4.04. The highest BCUT2D eigenvalue weighted by Gasteiger charge is 2.23. The zero-order chi connectivity index (χ0) is 15.6. The van der Waals surface area contributed by atoms with Crippen molar-refractivity contribution in [3.05, 3.63) is 34.1 Å². The summed E-state index contributed by atoms with van der Waals surface area (Å²) in [5.41, 5.74) is -0.452. The van der Waals surface area contributed by atoms with Gasteiger partial charge in [-0.05, 0) is 19.1 Å². The number of aryl methyl sites for hydroxylation is 1. The minimum Gasteiger partial charge on any atom is -0.490 e. The van der Waals surface area contributed by atoms with E-state index in [1.807, 2.05) is 0 Å². The van der Waals surface area contributed by atoms with Crippen molar-refractivity contribution in [2.24, 2.45) is 0 Å². The van der Waals surface area contributed by atoms with Crippen molar-refractivity contribution in [1.29, 1.82) is 0 Å². The number of hydrogen-bond donors (Lipinski definition) is 2. The van der Waals surface area contributed by atoms with E-state index in [2.05, 4.69) is 19.9 Å². The number of benzene rings is 1. The molecular weight excluding hydrogens is 302 g/mol. The highest BCUT2D eigenvalue weighted by Crippen LogP contribution is 2.29. The summed E-state index contributed by atoms with van der Waals surface area (Å²) >= 11 is 0. The molecule has 1 heterocycles. The predicted octanol–water partition coefficient (Wildman–Crippen LogP) is 0.831. The number of ether oxygens (including phenoxy) is 1. The third-order valence-electron chi connectivity index (χ3n) is 2.48. The monoisotopic (exact) mass is 313 g/mol. The van der Waals surface area contributed by atoms with E-state index in [1.165, 1.54) is 19.2 Å². The van der Waals surface area contributed by atoms with Gasteiger partial charge in [0.1, 0.15) is 5.82 Å². The van der Waals surface area contributed by atoms with Crippen LogP contribution in [0.25, 0.3) is 0 Å². The Morgan fingerprint density at radius 3 is 2.67 bits per heavy atom. The number of hydrogen-bond acceptors (Lipinski definition) is 7. The Hall–Kier alpha value is -2.69. The van der Waals surface area contributed by atoms with Crippen LogP contribution < -0.4 is 9.46 Å². The molecule has 1 aromatic carbocycles. The number of aromatic nitrogens is 3. The molecule has 0 saturated carbocycles. The molecule has 10 nitrogen and oxygen atoms in total. The average molecular weight is 313 g/mol. The van der Waals surface area contributed by atoms with Gasteiger partial charge in [0.15, 0.2) is 5.75 Å². The lowest BCUT2D eigenvalue weighted by molar-refractivity contribution is -0.386. The first kappa shape index (κ1) is 14.7. The second kappa shape index (κ2) is 5.36. The molecule has 2 aromatic rings. The molecule has 0 saturated heterocycles. The SMILES string of the molecule is COc1ccc(S(=O)(=O)Nc2n[nH]c(C)n2)cc1[N+](=O)[O-]. The fourth-order valence-corrected chi connectivity index (χ4v) is 2.51. The topological polar surface area (TPSA) is 140 Å². The van der Waals surface area contributed by atoms with Gasteiger partial charge in [0.05, 0.1) is 16.9 Å². The second-order valence-electron chi connectivity index (χ2n) is 3.94. The number of nitro groups is 1. The molecule has 0 bridgehead atoms. The van der Waals surface area contributed by atoms with Crippen LogP contribution in [0.3, 0.4) is 0 Å². The summed E-state index contributed by atoms with van der Waals surface area (Å²) in [6, 6.07) is 3.30. The van der Waals surface area contributed by atoms with Crippen molar-refractivity contribution in [3.8, 4) is 5.75 Å². The number of H-pyrrole nitrogens is 1. The lowest BCUT2D eigenvalue weighted by Gasteiger charge is -2.06. The highest BCUT2D eigenvalue weighted by molar-refractivity contribution is 7.92. The number of nitrogens with one attached hydrogen (secondary N) is 2. The number of nitro benzene ring substituents is 1. The zero-order valence-corrected chi connectivity index (χ0v) is 11.8. The van der Waals surface area contributed by atoms with E-state index >= 15 is 0 Å². The maximum atomic E-state index is 12.1. The average Bonchev–Trinajstić information content (AvgIpc) is 2.82. The Bertz CT molecular complexity index is 785. The molecule has 2 rings (SSSR count). The summed E-state index contributed by atoms with van der Waals surface area (Å²) < 4.78 is 31.2. The maximum Gasteiger partial charge on any atom is 0.312 e. The van der Waals surface area contributed by atoms with Crippen LogP contribution in [-0.2, 0) is 10.0 Å². The van der Waals surface area contributed by atoms with Crippen molar-refractivity contribution in [2.45, 2.75) is 11.8 Å². The van der Waals surface area contributed by atoms with Crippen molar-refractivity contribution in [3.63, 3.8) is 0 Å². The normalized spacial score (nSPS) is 11.1. The van der Waals surface area contributed by atoms with E-state index in [-0.39, 0.29) is 16.6 Å². The number of anilines is 1. The van der Waals surface area contributed by atoms with Crippen LogP contribution in [0.2, 0.25) is 0 Å². The van der Waals surface area contributed by atoms with Gasteiger partial charge in [-0.25, -0.2) is 13.1 Å². The van der Waals surface area contributed by atoms with Gasteiger partial charge < -0.3 is 4.74 Å². The Balaban J connectivity index is 2.40. The highest BCUT2D eigenvalue weighted by atomic mass is 32.2. The van der Waals surface area contributed by atoms with E-state index in [9.17, 15) is 18.5 Å². The molecule has 0 aliphatic rings. The van der Waals surface area contributed by atoms with Crippen LogP contribution in [0.4, 0.5) is 11.6 Å². The smallest absolute Gasteiger partial charge is 0.312 e. The molecular formula is C10H11N5O5S. The molecule has 0 fully saturated rings. The van der Waals surface area contributed by atoms with Gasteiger partial charge in [-0.1, -0.05) is 0 Å². The second-order valence-corrected chi connectivity index (χ2v) is 5.62. The Morgan fingerprint density at radius 1 is 1.43 bits per heavy atom. The van der Waals surface area contributed by atoms with Gasteiger partial charge in [0.25, 0.3) is 16.0 Å². The molecule has 0 aliphatic heterocycles. The third kappa shape index (κ3) is 3.08. The fraction of sp³-hybridized carbons (Fsp3) is 0.200. The summed E-state index contributed by atoms with van der Waals surface area (Å²) in [5.74, 6) is 0.243. The lowest BCUT2D eigenvalue weighted by Crippen LogP contribution is -2.14. The quantitative estimate of drug-likeness (QED) is 0.615. The van der Waals surface area contributed by atoms with E-state index in [0.29, 0.717) is 5.82 Å². The number of aromatic amines is 1. The van der Waals surface area contributed by atoms with Crippen LogP contribution in [0.5, 0.6) is 5.75 Å². The molecule has 112 valence electrons. The Kier molecular flexibility index (Phi) is 3.76. The van der Waals surface area contributed by atoms with E-state index in [0.717, 1.165) is 6.07 Å². The van der Waals surface area contributed by atoms with Gasteiger partial charge in [0.2, 0.25) is 0 Å². The lowest BCUT2D eigenvalue weighted by atomic mass is 10.3. The van der Waals surface area contributed by atoms with Gasteiger partial charge >= 0.3 is 5.69 Å². The first-order valence-electron chi connectivity index (χ1n) is 5.58. The summed E-state index contributed by atoms with van der Waals surface area (Å²) in [6.45, 7) is 1.60. The molecule has 21 heavy (non-hydrogen) atoms. The van der Waals surface area contributed by atoms with E-state index < -0.39 is 20.6 Å².